The number of rotatable bonds is 3. The van der Waals surface area contributed by atoms with Crippen molar-refractivity contribution in [2.45, 2.75) is 6.54 Å². The third-order valence-electron chi connectivity index (χ3n) is 3.09. The van der Waals surface area contributed by atoms with Crippen molar-refractivity contribution in [2.75, 3.05) is 0 Å². The Hall–Kier alpha value is -1.21. The molecule has 106 valence electrons. The van der Waals surface area contributed by atoms with Crippen LogP contribution in [-0.2, 0) is 6.54 Å². The van der Waals surface area contributed by atoms with Crippen LogP contribution in [0.1, 0.15) is 5.56 Å². The van der Waals surface area contributed by atoms with Crippen LogP contribution in [-0.4, -0.2) is 9.78 Å². The van der Waals surface area contributed by atoms with Crippen molar-refractivity contribution in [1.82, 2.24) is 9.78 Å². The van der Waals surface area contributed by atoms with Crippen LogP contribution in [0.5, 0.6) is 0 Å². The minimum Gasteiger partial charge on any atom is -0.268 e. The monoisotopic (exact) mass is 456 g/mol. The number of hydrogen-bond donors (Lipinski definition) is 0. The summed E-state index contributed by atoms with van der Waals surface area (Å²) in [6, 6.07) is 13.0. The van der Waals surface area contributed by atoms with Crippen molar-refractivity contribution in [3.05, 3.63) is 74.3 Å². The molecule has 0 amide bonds. The predicted molar refractivity (Wildman–Crippen MR) is 93.6 cm³/mol. The highest BCUT2D eigenvalue weighted by atomic mass is 127. The molecule has 3 aromatic rings. The molecule has 0 fully saturated rings. The van der Waals surface area contributed by atoms with Crippen LogP contribution in [0, 0.1) is 9.39 Å². The second kappa shape index (κ2) is 6.27. The second-order valence-corrected chi connectivity index (χ2v) is 6.76. The van der Waals surface area contributed by atoms with E-state index < -0.39 is 0 Å². The largest absolute Gasteiger partial charge is 0.268 e. The van der Waals surface area contributed by atoms with Gasteiger partial charge in [-0.25, -0.2) is 4.39 Å². The van der Waals surface area contributed by atoms with Crippen molar-refractivity contribution in [3.8, 4) is 11.1 Å². The van der Waals surface area contributed by atoms with Gasteiger partial charge < -0.3 is 0 Å². The van der Waals surface area contributed by atoms with E-state index in [1.165, 1.54) is 15.7 Å². The number of aromatic nitrogens is 2. The molecule has 1 heterocycles. The van der Waals surface area contributed by atoms with E-state index >= 15 is 0 Å². The third kappa shape index (κ3) is 3.52. The van der Waals surface area contributed by atoms with Gasteiger partial charge in [0, 0.05) is 19.8 Å². The standard InChI is InChI=1S/C16H11BrFIN2/c17-13-5-11(6-14(18)7-13)9-21-10-12(8-20-21)15-3-1-2-4-16(15)19/h1-8,10H,9H2. The zero-order chi connectivity index (χ0) is 14.8. The maximum absolute atomic E-state index is 13.4. The number of halogens is 3. The Kier molecular flexibility index (Phi) is 4.40. The van der Waals surface area contributed by atoms with Crippen LogP contribution < -0.4 is 0 Å². The summed E-state index contributed by atoms with van der Waals surface area (Å²) in [5.74, 6) is -0.246. The molecule has 0 N–H and O–H groups in total. The van der Waals surface area contributed by atoms with E-state index in [0.717, 1.165) is 21.2 Å². The fourth-order valence-corrected chi connectivity index (χ4v) is 3.39. The van der Waals surface area contributed by atoms with Crippen molar-refractivity contribution >= 4 is 38.5 Å². The number of hydrogen-bond acceptors (Lipinski definition) is 1. The normalized spacial score (nSPS) is 10.8. The lowest BCUT2D eigenvalue weighted by Gasteiger charge is -2.03. The highest BCUT2D eigenvalue weighted by Crippen LogP contribution is 2.24. The molecule has 2 nitrogen and oxygen atoms in total. The number of nitrogens with zero attached hydrogens (tertiary/aromatic N) is 2. The summed E-state index contributed by atoms with van der Waals surface area (Å²) in [4.78, 5) is 0. The first kappa shape index (κ1) is 14.7. The molecule has 0 saturated carbocycles. The first-order chi connectivity index (χ1) is 10.1. The lowest BCUT2D eigenvalue weighted by molar-refractivity contribution is 0.618. The Labute approximate surface area is 144 Å². The summed E-state index contributed by atoms with van der Waals surface area (Å²) < 4.78 is 17.1. The van der Waals surface area contributed by atoms with Crippen molar-refractivity contribution < 1.29 is 4.39 Å². The van der Waals surface area contributed by atoms with Crippen molar-refractivity contribution in [3.63, 3.8) is 0 Å². The fourth-order valence-electron chi connectivity index (χ4n) is 2.17. The average molecular weight is 457 g/mol. The second-order valence-electron chi connectivity index (χ2n) is 4.68. The fraction of sp³-hybridized carbons (Fsp3) is 0.0625. The average Bonchev–Trinajstić information content (AvgIpc) is 2.86. The van der Waals surface area contributed by atoms with Gasteiger partial charge >= 0.3 is 0 Å². The molecule has 0 aliphatic rings. The molecule has 3 rings (SSSR count). The minimum absolute atomic E-state index is 0.246. The van der Waals surface area contributed by atoms with E-state index in [1.807, 2.05) is 35.3 Å². The molecule has 0 saturated heterocycles. The quantitative estimate of drug-likeness (QED) is 0.501. The Bertz CT molecular complexity index is 765. The van der Waals surface area contributed by atoms with E-state index in [-0.39, 0.29) is 5.82 Å². The minimum atomic E-state index is -0.246. The van der Waals surface area contributed by atoms with Crippen LogP contribution in [0.4, 0.5) is 4.39 Å². The molecule has 0 atom stereocenters. The van der Waals surface area contributed by atoms with Crippen LogP contribution >= 0.6 is 38.5 Å². The van der Waals surface area contributed by atoms with Gasteiger partial charge in [0.15, 0.2) is 0 Å². The maximum atomic E-state index is 13.4. The molecular formula is C16H11BrFIN2. The van der Waals surface area contributed by atoms with Gasteiger partial charge in [-0.15, -0.1) is 0 Å². The summed E-state index contributed by atoms with van der Waals surface area (Å²) in [5, 5.41) is 4.36. The Balaban J connectivity index is 1.87. The first-order valence-corrected chi connectivity index (χ1v) is 8.21. The summed E-state index contributed by atoms with van der Waals surface area (Å²) in [6.45, 7) is 0.541. The van der Waals surface area contributed by atoms with E-state index in [1.54, 1.807) is 0 Å². The molecule has 1 aromatic heterocycles. The van der Waals surface area contributed by atoms with Crippen molar-refractivity contribution in [1.29, 1.82) is 0 Å². The Morgan fingerprint density at radius 2 is 2.00 bits per heavy atom. The van der Waals surface area contributed by atoms with E-state index in [0.29, 0.717) is 6.54 Å². The molecule has 21 heavy (non-hydrogen) atoms. The van der Waals surface area contributed by atoms with Gasteiger partial charge in [-0.1, -0.05) is 34.1 Å². The summed E-state index contributed by atoms with van der Waals surface area (Å²) in [6.07, 6.45) is 3.82. The van der Waals surface area contributed by atoms with E-state index in [2.05, 4.69) is 55.8 Å². The van der Waals surface area contributed by atoms with Crippen LogP contribution in [0.2, 0.25) is 0 Å². The Morgan fingerprint density at radius 3 is 2.76 bits per heavy atom. The van der Waals surface area contributed by atoms with Gasteiger partial charge in [0.1, 0.15) is 5.82 Å². The molecular weight excluding hydrogens is 446 g/mol. The third-order valence-corrected chi connectivity index (χ3v) is 4.48. The summed E-state index contributed by atoms with van der Waals surface area (Å²) in [5.41, 5.74) is 3.10. The molecule has 0 radical (unpaired) electrons. The number of benzene rings is 2. The van der Waals surface area contributed by atoms with Gasteiger partial charge in [-0.2, -0.15) is 5.10 Å². The molecule has 0 unspecified atom stereocenters. The summed E-state index contributed by atoms with van der Waals surface area (Å²) in [7, 11) is 0. The van der Waals surface area contributed by atoms with Crippen LogP contribution in [0.3, 0.4) is 0 Å². The zero-order valence-electron chi connectivity index (χ0n) is 10.9. The lowest BCUT2D eigenvalue weighted by atomic mass is 10.1. The van der Waals surface area contributed by atoms with Crippen molar-refractivity contribution in [2.24, 2.45) is 0 Å². The van der Waals surface area contributed by atoms with E-state index in [4.69, 9.17) is 0 Å². The zero-order valence-corrected chi connectivity index (χ0v) is 14.7. The van der Waals surface area contributed by atoms with Gasteiger partial charge in [0.05, 0.1) is 12.7 Å². The van der Waals surface area contributed by atoms with Gasteiger partial charge in [-0.05, 0) is 58.0 Å². The topological polar surface area (TPSA) is 17.8 Å². The molecule has 0 aliphatic heterocycles. The molecule has 5 heteroatoms. The molecule has 0 bridgehead atoms. The first-order valence-electron chi connectivity index (χ1n) is 6.34. The van der Waals surface area contributed by atoms with Gasteiger partial charge in [0.25, 0.3) is 0 Å². The molecule has 2 aromatic carbocycles. The lowest BCUT2D eigenvalue weighted by Crippen LogP contribution is -2.00. The highest BCUT2D eigenvalue weighted by Gasteiger charge is 2.06. The highest BCUT2D eigenvalue weighted by molar-refractivity contribution is 14.1. The maximum Gasteiger partial charge on any atom is 0.124 e. The molecule has 0 spiro atoms. The van der Waals surface area contributed by atoms with Gasteiger partial charge in [0.2, 0.25) is 0 Å². The molecule has 0 aliphatic carbocycles. The predicted octanol–water partition coefficient (Wildman–Crippen LogP) is 5.10. The van der Waals surface area contributed by atoms with Crippen LogP contribution in [0.15, 0.2) is 59.3 Å². The smallest absolute Gasteiger partial charge is 0.124 e. The van der Waals surface area contributed by atoms with Gasteiger partial charge in [-0.3, -0.25) is 4.68 Å². The Morgan fingerprint density at radius 1 is 1.19 bits per heavy atom. The SMILES string of the molecule is Fc1cc(Br)cc(Cn2cc(-c3ccccc3I)cn2)c1. The van der Waals surface area contributed by atoms with Crippen LogP contribution in [0.25, 0.3) is 11.1 Å². The summed E-state index contributed by atoms with van der Waals surface area (Å²) >= 11 is 5.62. The van der Waals surface area contributed by atoms with E-state index in [9.17, 15) is 4.39 Å².